The van der Waals surface area contributed by atoms with Gasteiger partial charge >= 0.3 is 51.4 Å². The Morgan fingerprint density at radius 1 is 1.62 bits per heavy atom. The van der Waals surface area contributed by atoms with E-state index in [-0.39, 0.29) is 51.4 Å². The Balaban J connectivity index is 0.000000490. The molecule has 8 heavy (non-hydrogen) atoms. The summed E-state index contributed by atoms with van der Waals surface area (Å²) in [5, 5.41) is 0.488. The Hall–Kier alpha value is 1.08. The summed E-state index contributed by atoms with van der Waals surface area (Å²) >= 11 is 5.40. The van der Waals surface area contributed by atoms with Crippen molar-refractivity contribution in [2.24, 2.45) is 0 Å². The maximum atomic E-state index is 5.40. The van der Waals surface area contributed by atoms with Crippen molar-refractivity contribution in [3.8, 4) is 0 Å². The first-order valence-corrected chi connectivity index (χ1v) is 2.26. The van der Waals surface area contributed by atoms with E-state index in [2.05, 4.69) is 11.2 Å². The van der Waals surface area contributed by atoms with Gasteiger partial charge in [-0.3, -0.25) is 0 Å². The monoisotopic (exact) mass is 151 g/mol. The normalized spacial score (nSPS) is 7.62. The van der Waals surface area contributed by atoms with Gasteiger partial charge in [0.1, 0.15) is 0 Å². The van der Waals surface area contributed by atoms with Crippen molar-refractivity contribution in [2.75, 3.05) is 0 Å². The number of pyridine rings is 1. The third-order valence-corrected chi connectivity index (χ3v) is 0.786. The molecular weight excluding hydrogens is 149 g/mol. The fourth-order valence-corrected chi connectivity index (χ4v) is 0.428. The summed E-state index contributed by atoms with van der Waals surface area (Å²) in [7, 11) is 0. The van der Waals surface area contributed by atoms with Crippen molar-refractivity contribution in [1.29, 1.82) is 0 Å². The Morgan fingerprint density at radius 3 is 2.62 bits per heavy atom. The number of halogens is 1. The van der Waals surface area contributed by atoms with Crippen LogP contribution in [-0.4, -0.2) is 4.98 Å². The van der Waals surface area contributed by atoms with Crippen LogP contribution in [0, 0.1) is 6.20 Å². The standard InChI is InChI=1S/C5H3ClN.K/c6-5-3-1-2-4-7-5;/h1-3H;/q-1;+1. The van der Waals surface area contributed by atoms with E-state index in [1.54, 1.807) is 18.2 Å². The second-order valence-electron chi connectivity index (χ2n) is 1.09. The molecule has 0 aliphatic carbocycles. The van der Waals surface area contributed by atoms with E-state index in [1.165, 1.54) is 0 Å². The summed E-state index contributed by atoms with van der Waals surface area (Å²) < 4.78 is 0. The molecule has 1 rings (SSSR count). The van der Waals surface area contributed by atoms with Crippen LogP contribution in [0.3, 0.4) is 0 Å². The number of aromatic nitrogens is 1. The van der Waals surface area contributed by atoms with E-state index < -0.39 is 0 Å². The molecule has 1 heterocycles. The van der Waals surface area contributed by atoms with Crippen LogP contribution in [0.2, 0.25) is 5.15 Å². The topological polar surface area (TPSA) is 12.9 Å². The van der Waals surface area contributed by atoms with Gasteiger partial charge in [0.25, 0.3) is 0 Å². The van der Waals surface area contributed by atoms with Gasteiger partial charge in [0.2, 0.25) is 0 Å². The predicted octanol–water partition coefficient (Wildman–Crippen LogP) is -1.46. The molecule has 3 heteroatoms. The SMILES string of the molecule is Clc1ccc[c-]n1.[K+]. The fraction of sp³-hybridized carbons (Fsp3) is 0. The van der Waals surface area contributed by atoms with Gasteiger partial charge in [0.15, 0.2) is 0 Å². The molecule has 1 aromatic rings. The summed E-state index contributed by atoms with van der Waals surface area (Å²) in [6.45, 7) is 0. The molecule has 0 aromatic carbocycles. The van der Waals surface area contributed by atoms with Crippen molar-refractivity contribution >= 4 is 11.6 Å². The number of hydrogen-bond acceptors (Lipinski definition) is 1. The van der Waals surface area contributed by atoms with E-state index in [1.807, 2.05) is 0 Å². The van der Waals surface area contributed by atoms with Crippen molar-refractivity contribution in [2.45, 2.75) is 0 Å². The van der Waals surface area contributed by atoms with Crippen LogP contribution in [0.15, 0.2) is 18.2 Å². The summed E-state index contributed by atoms with van der Waals surface area (Å²) in [5.74, 6) is 0. The molecule has 0 radical (unpaired) electrons. The van der Waals surface area contributed by atoms with E-state index in [9.17, 15) is 0 Å². The average molecular weight is 152 g/mol. The van der Waals surface area contributed by atoms with E-state index in [0.717, 1.165) is 0 Å². The largest absolute Gasteiger partial charge is 1.00 e. The van der Waals surface area contributed by atoms with Gasteiger partial charge in [0.05, 0.1) is 0 Å². The van der Waals surface area contributed by atoms with Crippen LogP contribution in [-0.2, 0) is 0 Å². The Kier molecular flexibility index (Phi) is 5.57. The molecule has 0 fully saturated rings. The van der Waals surface area contributed by atoms with Crippen molar-refractivity contribution < 1.29 is 51.4 Å². The quantitative estimate of drug-likeness (QED) is 0.251. The summed E-state index contributed by atoms with van der Waals surface area (Å²) in [6, 6.07) is 5.19. The molecule has 0 spiro atoms. The second-order valence-corrected chi connectivity index (χ2v) is 1.48. The molecule has 0 aliphatic rings. The molecule has 0 atom stereocenters. The first-order chi connectivity index (χ1) is 3.39. The molecule has 0 amide bonds. The maximum absolute atomic E-state index is 5.40. The number of rotatable bonds is 0. The molecule has 0 saturated heterocycles. The van der Waals surface area contributed by atoms with Crippen LogP contribution in [0.1, 0.15) is 0 Å². The Morgan fingerprint density at radius 2 is 2.38 bits per heavy atom. The summed E-state index contributed by atoms with van der Waals surface area (Å²) in [4.78, 5) is 3.62. The van der Waals surface area contributed by atoms with Crippen molar-refractivity contribution in [1.82, 2.24) is 4.98 Å². The van der Waals surface area contributed by atoms with Crippen molar-refractivity contribution in [3.63, 3.8) is 0 Å². The molecule has 1 nitrogen and oxygen atoms in total. The molecule has 0 bridgehead atoms. The fourth-order valence-electron chi connectivity index (χ4n) is 0.307. The molecule has 0 aliphatic heterocycles. The van der Waals surface area contributed by atoms with E-state index in [4.69, 9.17) is 11.6 Å². The van der Waals surface area contributed by atoms with Gasteiger partial charge in [0, 0.05) is 5.15 Å². The zero-order valence-corrected chi connectivity index (χ0v) is 8.44. The first-order valence-electron chi connectivity index (χ1n) is 1.88. The minimum absolute atomic E-state index is 0. The predicted molar refractivity (Wildman–Crippen MR) is 28.1 cm³/mol. The third kappa shape index (κ3) is 3.17. The van der Waals surface area contributed by atoms with Crippen LogP contribution in [0.25, 0.3) is 0 Å². The summed E-state index contributed by atoms with van der Waals surface area (Å²) in [5.41, 5.74) is 0. The van der Waals surface area contributed by atoms with Crippen LogP contribution in [0.5, 0.6) is 0 Å². The average Bonchev–Trinajstić information content (AvgIpc) is 1.69. The van der Waals surface area contributed by atoms with Gasteiger partial charge < -0.3 is 4.98 Å². The number of hydrogen-bond donors (Lipinski definition) is 0. The molecule has 0 unspecified atom stereocenters. The third-order valence-electron chi connectivity index (χ3n) is 0.576. The number of nitrogens with zero attached hydrogens (tertiary/aromatic N) is 1. The Labute approximate surface area is 95.9 Å². The minimum Gasteiger partial charge on any atom is -0.376 e. The first kappa shape index (κ1) is 9.08. The van der Waals surface area contributed by atoms with Crippen LogP contribution >= 0.6 is 11.6 Å². The minimum atomic E-state index is 0. The van der Waals surface area contributed by atoms with Gasteiger partial charge in [-0.25, -0.2) is 0 Å². The van der Waals surface area contributed by atoms with E-state index >= 15 is 0 Å². The van der Waals surface area contributed by atoms with Crippen LogP contribution in [0.4, 0.5) is 0 Å². The molecule has 0 N–H and O–H groups in total. The zero-order valence-electron chi connectivity index (χ0n) is 4.56. The molecule has 36 valence electrons. The Bertz CT molecular complexity index is 142. The smallest absolute Gasteiger partial charge is 0.376 e. The van der Waals surface area contributed by atoms with Gasteiger partial charge in [-0.05, 0) is 0 Å². The molecule has 0 saturated carbocycles. The van der Waals surface area contributed by atoms with E-state index in [0.29, 0.717) is 5.15 Å². The molecule has 1 aromatic heterocycles. The second kappa shape index (κ2) is 4.91. The van der Waals surface area contributed by atoms with Gasteiger partial charge in [-0.1, -0.05) is 6.20 Å². The summed E-state index contributed by atoms with van der Waals surface area (Å²) in [6.07, 6.45) is 2.58. The maximum Gasteiger partial charge on any atom is 1.00 e. The van der Waals surface area contributed by atoms with Crippen LogP contribution < -0.4 is 51.4 Å². The van der Waals surface area contributed by atoms with Gasteiger partial charge in [-0.2, -0.15) is 12.1 Å². The van der Waals surface area contributed by atoms with Gasteiger partial charge in [-0.15, -0.1) is 17.7 Å². The molecular formula is C5H3ClKN. The van der Waals surface area contributed by atoms with Crippen molar-refractivity contribution in [3.05, 3.63) is 29.5 Å². The zero-order chi connectivity index (χ0) is 5.11.